The molecule has 0 bridgehead atoms. The van der Waals surface area contributed by atoms with Gasteiger partial charge in [-0.3, -0.25) is 0 Å². The number of carbonyl (C=O) groups is 1. The molecule has 0 aromatic carbocycles. The van der Waals surface area contributed by atoms with Gasteiger partial charge in [0.15, 0.2) is 5.69 Å². The van der Waals surface area contributed by atoms with E-state index in [0.717, 1.165) is 12.8 Å². The quantitative estimate of drug-likeness (QED) is 0.696. The molecule has 0 atom stereocenters. The number of carboxylic acid groups (broad SMARTS) is 1. The zero-order valence-corrected chi connectivity index (χ0v) is 7.60. The van der Waals surface area contributed by atoms with Gasteiger partial charge in [0.1, 0.15) is 12.1 Å². The number of aromatic carboxylic acids is 1. The average molecular weight is 201 g/mol. The fourth-order valence-electron chi connectivity index (χ4n) is 1.31. The van der Waals surface area contributed by atoms with Crippen LogP contribution in [0.5, 0.6) is 0 Å². The molecule has 5 nitrogen and oxygen atoms in total. The summed E-state index contributed by atoms with van der Waals surface area (Å²) in [6.07, 6.45) is 4.76. The van der Waals surface area contributed by atoms with Gasteiger partial charge >= 0.3 is 24.8 Å². The van der Waals surface area contributed by atoms with Gasteiger partial charge in [0.05, 0.1) is 0 Å². The molecule has 76 valence electrons. The van der Waals surface area contributed by atoms with Crippen LogP contribution in [0.1, 0.15) is 29.8 Å². The summed E-state index contributed by atoms with van der Waals surface area (Å²) in [5.74, 6) is -0.425. The molecule has 2 rings (SSSR count). The SMILES string of the molecule is O=C(O)c1cc(NC2CCC2)ncn1.[LiH]. The van der Waals surface area contributed by atoms with Crippen LogP contribution < -0.4 is 5.32 Å². The number of anilines is 1. The molecule has 1 aromatic heterocycles. The third-order valence-corrected chi connectivity index (χ3v) is 2.34. The Morgan fingerprint density at radius 2 is 2.20 bits per heavy atom. The average Bonchev–Trinajstić information content (AvgIpc) is 2.12. The summed E-state index contributed by atoms with van der Waals surface area (Å²) in [5, 5.41) is 11.9. The molecule has 2 N–H and O–H groups in total. The Morgan fingerprint density at radius 3 is 2.73 bits per heavy atom. The van der Waals surface area contributed by atoms with E-state index in [1.165, 1.54) is 18.8 Å². The second kappa shape index (κ2) is 5.15. The molecular weight excluding hydrogens is 189 g/mol. The van der Waals surface area contributed by atoms with E-state index >= 15 is 0 Å². The molecule has 6 heteroatoms. The summed E-state index contributed by atoms with van der Waals surface area (Å²) in [6, 6.07) is 1.91. The molecule has 0 radical (unpaired) electrons. The summed E-state index contributed by atoms with van der Waals surface area (Å²) in [7, 11) is 0. The van der Waals surface area contributed by atoms with E-state index in [9.17, 15) is 4.79 Å². The molecular formula is C9H12LiN3O2. The van der Waals surface area contributed by atoms with Gasteiger partial charge in [-0.1, -0.05) is 0 Å². The number of nitrogens with one attached hydrogen (secondary N) is 1. The van der Waals surface area contributed by atoms with E-state index < -0.39 is 5.97 Å². The number of hydrogen-bond acceptors (Lipinski definition) is 4. The minimum absolute atomic E-state index is 0. The predicted molar refractivity (Wildman–Crippen MR) is 57.4 cm³/mol. The van der Waals surface area contributed by atoms with Crippen molar-refractivity contribution in [1.82, 2.24) is 9.97 Å². The Hall–Kier alpha value is -1.05. The van der Waals surface area contributed by atoms with Crippen molar-refractivity contribution in [1.29, 1.82) is 0 Å². The van der Waals surface area contributed by atoms with Crippen LogP contribution in [0.15, 0.2) is 12.4 Å². The normalized spacial score (nSPS) is 14.9. The second-order valence-electron chi connectivity index (χ2n) is 3.37. The first-order valence-corrected chi connectivity index (χ1v) is 4.57. The Morgan fingerprint density at radius 1 is 1.47 bits per heavy atom. The summed E-state index contributed by atoms with van der Waals surface area (Å²) >= 11 is 0. The Balaban J connectivity index is 0.00000112. The van der Waals surface area contributed by atoms with Crippen molar-refractivity contribution in [3.63, 3.8) is 0 Å². The Bertz CT molecular complexity index is 355. The summed E-state index contributed by atoms with van der Waals surface area (Å²) in [4.78, 5) is 18.2. The zero-order chi connectivity index (χ0) is 9.97. The summed E-state index contributed by atoms with van der Waals surface area (Å²) in [5.41, 5.74) is 0.0295. The maximum absolute atomic E-state index is 10.6. The van der Waals surface area contributed by atoms with Gasteiger partial charge in [0.25, 0.3) is 0 Å². The van der Waals surface area contributed by atoms with Crippen LogP contribution in [0, 0.1) is 0 Å². The Kier molecular flexibility index (Phi) is 4.12. The molecule has 0 unspecified atom stereocenters. The van der Waals surface area contributed by atoms with Gasteiger partial charge < -0.3 is 10.4 Å². The van der Waals surface area contributed by atoms with E-state index in [1.54, 1.807) is 0 Å². The van der Waals surface area contributed by atoms with E-state index in [2.05, 4.69) is 15.3 Å². The molecule has 1 saturated carbocycles. The number of nitrogens with zero attached hydrogens (tertiary/aromatic N) is 2. The van der Waals surface area contributed by atoms with E-state index in [-0.39, 0.29) is 24.6 Å². The predicted octanol–water partition coefficient (Wildman–Crippen LogP) is 0.491. The van der Waals surface area contributed by atoms with Crippen LogP contribution in [0.25, 0.3) is 0 Å². The molecule has 1 fully saturated rings. The van der Waals surface area contributed by atoms with E-state index in [1.807, 2.05) is 0 Å². The first-order chi connectivity index (χ1) is 6.75. The summed E-state index contributed by atoms with van der Waals surface area (Å²) < 4.78 is 0. The Labute approximate surface area is 99.5 Å². The van der Waals surface area contributed by atoms with Crippen molar-refractivity contribution in [3.8, 4) is 0 Å². The molecule has 0 amide bonds. The fraction of sp³-hybridized carbons (Fsp3) is 0.444. The second-order valence-corrected chi connectivity index (χ2v) is 3.37. The molecule has 1 aliphatic rings. The first-order valence-electron chi connectivity index (χ1n) is 4.57. The van der Waals surface area contributed by atoms with Crippen LogP contribution in [-0.2, 0) is 0 Å². The van der Waals surface area contributed by atoms with E-state index in [4.69, 9.17) is 5.11 Å². The fourth-order valence-corrected chi connectivity index (χ4v) is 1.31. The van der Waals surface area contributed by atoms with Crippen LogP contribution in [0.2, 0.25) is 0 Å². The van der Waals surface area contributed by atoms with Crippen LogP contribution in [0.4, 0.5) is 5.82 Å². The minimum atomic E-state index is -1.02. The standard InChI is InChI=1S/C9H11N3O2.Li.H/c13-9(14)7-4-8(11-5-10-7)12-6-2-1-3-6;;/h4-6H,1-3H2,(H,13,14)(H,10,11,12);;. The van der Waals surface area contributed by atoms with Gasteiger partial charge in [-0.15, -0.1) is 0 Å². The molecule has 1 heterocycles. The van der Waals surface area contributed by atoms with Crippen molar-refractivity contribution < 1.29 is 9.90 Å². The van der Waals surface area contributed by atoms with E-state index in [0.29, 0.717) is 11.9 Å². The molecule has 1 aromatic rings. The number of hydrogen-bond donors (Lipinski definition) is 2. The topological polar surface area (TPSA) is 75.1 Å². The third kappa shape index (κ3) is 2.95. The molecule has 15 heavy (non-hydrogen) atoms. The number of carboxylic acids is 1. The van der Waals surface area contributed by atoms with Crippen LogP contribution in [0.3, 0.4) is 0 Å². The van der Waals surface area contributed by atoms with Crippen molar-refractivity contribution >= 4 is 30.6 Å². The van der Waals surface area contributed by atoms with Crippen LogP contribution >= 0.6 is 0 Å². The monoisotopic (exact) mass is 201 g/mol. The zero-order valence-electron chi connectivity index (χ0n) is 7.60. The molecule has 1 aliphatic carbocycles. The van der Waals surface area contributed by atoms with Gasteiger partial charge in [-0.2, -0.15) is 0 Å². The summed E-state index contributed by atoms with van der Waals surface area (Å²) in [6.45, 7) is 0. The molecule has 0 saturated heterocycles. The number of rotatable bonds is 3. The van der Waals surface area contributed by atoms with Gasteiger partial charge in [0, 0.05) is 12.1 Å². The molecule has 0 spiro atoms. The van der Waals surface area contributed by atoms with Gasteiger partial charge in [0.2, 0.25) is 0 Å². The van der Waals surface area contributed by atoms with Gasteiger partial charge in [-0.25, -0.2) is 14.8 Å². The number of aromatic nitrogens is 2. The molecule has 0 aliphatic heterocycles. The van der Waals surface area contributed by atoms with Crippen molar-refractivity contribution in [3.05, 3.63) is 18.1 Å². The van der Waals surface area contributed by atoms with Crippen molar-refractivity contribution in [2.75, 3.05) is 5.32 Å². The van der Waals surface area contributed by atoms with Crippen molar-refractivity contribution in [2.45, 2.75) is 25.3 Å². The van der Waals surface area contributed by atoms with Crippen molar-refractivity contribution in [2.24, 2.45) is 0 Å². The van der Waals surface area contributed by atoms with Crippen LogP contribution in [-0.4, -0.2) is 45.9 Å². The maximum atomic E-state index is 10.6. The third-order valence-electron chi connectivity index (χ3n) is 2.34. The van der Waals surface area contributed by atoms with Gasteiger partial charge in [-0.05, 0) is 19.3 Å². The first kappa shape index (κ1) is 12.0.